The van der Waals surface area contributed by atoms with Gasteiger partial charge in [0.15, 0.2) is 5.03 Å². The lowest BCUT2D eigenvalue weighted by atomic mass is 10.0. The topological polar surface area (TPSA) is 86.9 Å². The monoisotopic (exact) mass is 314 g/mol. The number of sulfonamides is 1. The zero-order valence-electron chi connectivity index (χ0n) is 12.9. The molecule has 0 aliphatic heterocycles. The van der Waals surface area contributed by atoms with Crippen molar-refractivity contribution in [2.75, 3.05) is 13.1 Å². The van der Waals surface area contributed by atoms with Gasteiger partial charge in [-0.1, -0.05) is 20.3 Å². The molecule has 21 heavy (non-hydrogen) atoms. The molecule has 0 spiro atoms. The normalized spacial score (nSPS) is 17.0. The lowest BCUT2D eigenvalue weighted by Crippen LogP contribution is -2.31. The Morgan fingerprint density at radius 1 is 1.33 bits per heavy atom. The SMILES string of the molecule is CCCNCc1cn[nH]c1S(=O)(=O)NCC1(CCC)CC1. The van der Waals surface area contributed by atoms with Crippen LogP contribution in [0.5, 0.6) is 0 Å². The summed E-state index contributed by atoms with van der Waals surface area (Å²) in [5.41, 5.74) is 0.888. The molecule has 120 valence electrons. The third-order valence-corrected chi connectivity index (χ3v) is 5.48. The van der Waals surface area contributed by atoms with Gasteiger partial charge < -0.3 is 5.32 Å². The van der Waals surface area contributed by atoms with E-state index in [0.29, 0.717) is 18.7 Å². The molecule has 0 atom stereocenters. The maximum atomic E-state index is 12.4. The van der Waals surface area contributed by atoms with Crippen LogP contribution in [0, 0.1) is 5.41 Å². The second-order valence-electron chi connectivity index (χ2n) is 5.98. The largest absolute Gasteiger partial charge is 0.313 e. The zero-order valence-corrected chi connectivity index (χ0v) is 13.7. The Kier molecular flexibility index (Phi) is 5.40. The number of nitrogens with zero attached hydrogens (tertiary/aromatic N) is 1. The Morgan fingerprint density at radius 2 is 2.10 bits per heavy atom. The van der Waals surface area contributed by atoms with Gasteiger partial charge in [-0.2, -0.15) is 5.10 Å². The molecule has 1 aliphatic carbocycles. The van der Waals surface area contributed by atoms with E-state index in [4.69, 9.17) is 0 Å². The third kappa shape index (κ3) is 4.28. The van der Waals surface area contributed by atoms with Crippen LogP contribution in [-0.2, 0) is 16.6 Å². The van der Waals surface area contributed by atoms with E-state index in [9.17, 15) is 8.42 Å². The fourth-order valence-corrected chi connectivity index (χ4v) is 3.88. The number of hydrogen-bond donors (Lipinski definition) is 3. The third-order valence-electron chi connectivity index (χ3n) is 4.06. The van der Waals surface area contributed by atoms with Gasteiger partial charge in [-0.15, -0.1) is 0 Å². The highest BCUT2D eigenvalue weighted by molar-refractivity contribution is 7.89. The van der Waals surface area contributed by atoms with Crippen molar-refractivity contribution in [2.24, 2.45) is 5.41 Å². The van der Waals surface area contributed by atoms with Crippen LogP contribution in [0.4, 0.5) is 0 Å². The smallest absolute Gasteiger partial charge is 0.257 e. The van der Waals surface area contributed by atoms with E-state index in [-0.39, 0.29) is 10.4 Å². The summed E-state index contributed by atoms with van der Waals surface area (Å²) in [5, 5.41) is 9.90. The van der Waals surface area contributed by atoms with Crippen LogP contribution in [0.2, 0.25) is 0 Å². The maximum Gasteiger partial charge on any atom is 0.257 e. The molecule has 0 unspecified atom stereocenters. The average molecular weight is 314 g/mol. The molecular weight excluding hydrogens is 288 g/mol. The Balaban J connectivity index is 1.98. The molecular formula is C14H26N4O2S. The molecule has 1 aliphatic rings. The molecule has 0 radical (unpaired) electrons. The number of hydrogen-bond acceptors (Lipinski definition) is 4. The Morgan fingerprint density at radius 3 is 2.71 bits per heavy atom. The van der Waals surface area contributed by atoms with Gasteiger partial charge in [0.25, 0.3) is 10.0 Å². The van der Waals surface area contributed by atoms with Crippen molar-refractivity contribution >= 4 is 10.0 Å². The second kappa shape index (κ2) is 6.89. The predicted octanol–water partition coefficient (Wildman–Crippen LogP) is 1.77. The number of aromatic nitrogens is 2. The van der Waals surface area contributed by atoms with Gasteiger partial charge in [-0.25, -0.2) is 13.1 Å². The summed E-state index contributed by atoms with van der Waals surface area (Å²) in [5.74, 6) is 0. The van der Waals surface area contributed by atoms with Crippen LogP contribution < -0.4 is 10.0 Å². The van der Waals surface area contributed by atoms with E-state index in [1.165, 1.54) is 0 Å². The van der Waals surface area contributed by atoms with Gasteiger partial charge in [0.2, 0.25) is 0 Å². The first-order valence-corrected chi connectivity index (χ1v) is 9.24. The number of aromatic amines is 1. The summed E-state index contributed by atoms with van der Waals surface area (Å²) in [7, 11) is -3.50. The predicted molar refractivity (Wildman–Crippen MR) is 82.3 cm³/mol. The van der Waals surface area contributed by atoms with Gasteiger partial charge in [-0.05, 0) is 37.6 Å². The first-order valence-electron chi connectivity index (χ1n) is 7.75. The van der Waals surface area contributed by atoms with Crippen LogP contribution in [0.25, 0.3) is 0 Å². The van der Waals surface area contributed by atoms with Crippen molar-refractivity contribution in [3.8, 4) is 0 Å². The molecule has 7 heteroatoms. The Hall–Kier alpha value is -0.920. The number of H-pyrrole nitrogens is 1. The molecule has 1 heterocycles. The van der Waals surface area contributed by atoms with Crippen molar-refractivity contribution in [3.05, 3.63) is 11.8 Å². The Bertz CT molecular complexity index is 549. The summed E-state index contributed by atoms with van der Waals surface area (Å²) in [6, 6.07) is 0. The molecule has 0 aromatic carbocycles. The molecule has 6 nitrogen and oxygen atoms in total. The molecule has 0 bridgehead atoms. The molecule has 1 saturated carbocycles. The highest BCUT2D eigenvalue weighted by atomic mass is 32.2. The molecule has 0 amide bonds. The maximum absolute atomic E-state index is 12.4. The Labute approximate surface area is 127 Å². The van der Waals surface area contributed by atoms with E-state index in [2.05, 4.69) is 34.1 Å². The summed E-state index contributed by atoms with van der Waals surface area (Å²) < 4.78 is 27.6. The molecule has 1 aromatic heterocycles. The van der Waals surface area contributed by atoms with Crippen LogP contribution >= 0.6 is 0 Å². The van der Waals surface area contributed by atoms with Crippen molar-refractivity contribution < 1.29 is 8.42 Å². The number of rotatable bonds is 10. The van der Waals surface area contributed by atoms with E-state index >= 15 is 0 Å². The lowest BCUT2D eigenvalue weighted by molar-refractivity contribution is 0.448. The molecule has 1 aromatic rings. The van der Waals surface area contributed by atoms with Gasteiger partial charge in [0, 0.05) is 18.7 Å². The molecule has 2 rings (SSSR count). The molecule has 1 fully saturated rings. The first-order chi connectivity index (χ1) is 10.0. The average Bonchev–Trinajstić information content (AvgIpc) is 3.04. The van der Waals surface area contributed by atoms with E-state index < -0.39 is 10.0 Å². The van der Waals surface area contributed by atoms with Crippen LogP contribution in [0.1, 0.15) is 51.5 Å². The van der Waals surface area contributed by atoms with E-state index in [1.54, 1.807) is 6.20 Å². The van der Waals surface area contributed by atoms with E-state index in [0.717, 1.165) is 38.6 Å². The van der Waals surface area contributed by atoms with Crippen LogP contribution in [0.3, 0.4) is 0 Å². The van der Waals surface area contributed by atoms with Gasteiger partial charge in [0.05, 0.1) is 6.20 Å². The number of nitrogens with one attached hydrogen (secondary N) is 3. The highest BCUT2D eigenvalue weighted by Gasteiger charge is 2.42. The first kappa shape index (κ1) is 16.5. The van der Waals surface area contributed by atoms with Crippen molar-refractivity contribution in [1.29, 1.82) is 0 Å². The van der Waals surface area contributed by atoms with Crippen molar-refractivity contribution in [3.63, 3.8) is 0 Å². The highest BCUT2D eigenvalue weighted by Crippen LogP contribution is 2.49. The summed E-state index contributed by atoms with van der Waals surface area (Å²) in [6.45, 7) is 6.12. The van der Waals surface area contributed by atoms with Gasteiger partial charge >= 0.3 is 0 Å². The molecule has 0 saturated heterocycles. The second-order valence-corrected chi connectivity index (χ2v) is 7.68. The van der Waals surface area contributed by atoms with Crippen molar-refractivity contribution in [1.82, 2.24) is 20.2 Å². The molecule has 3 N–H and O–H groups in total. The summed E-state index contributed by atoms with van der Waals surface area (Å²) in [4.78, 5) is 0. The van der Waals surface area contributed by atoms with Crippen LogP contribution in [-0.4, -0.2) is 31.7 Å². The summed E-state index contributed by atoms with van der Waals surface area (Å²) in [6.07, 6.45) is 7.02. The summed E-state index contributed by atoms with van der Waals surface area (Å²) >= 11 is 0. The fraction of sp³-hybridized carbons (Fsp3) is 0.786. The van der Waals surface area contributed by atoms with E-state index in [1.807, 2.05) is 0 Å². The fourth-order valence-electron chi connectivity index (χ4n) is 2.60. The lowest BCUT2D eigenvalue weighted by Gasteiger charge is -2.15. The quantitative estimate of drug-likeness (QED) is 0.574. The van der Waals surface area contributed by atoms with Crippen molar-refractivity contribution in [2.45, 2.75) is 57.5 Å². The minimum atomic E-state index is -3.50. The standard InChI is InChI=1S/C14H26N4O2S/c1-3-5-14(6-7-14)11-17-21(19,20)13-12(10-16-18-13)9-15-8-4-2/h10,15,17H,3-9,11H2,1-2H3,(H,16,18). The van der Waals surface area contributed by atoms with Gasteiger partial charge in [0.1, 0.15) is 0 Å². The minimum Gasteiger partial charge on any atom is -0.313 e. The van der Waals surface area contributed by atoms with Gasteiger partial charge in [-0.3, -0.25) is 5.10 Å². The zero-order chi connectivity index (χ0) is 15.3. The minimum absolute atomic E-state index is 0.193. The van der Waals surface area contributed by atoms with Crippen LogP contribution in [0.15, 0.2) is 11.2 Å².